The van der Waals surface area contributed by atoms with Gasteiger partial charge in [-0.25, -0.2) is 9.78 Å². The van der Waals surface area contributed by atoms with Gasteiger partial charge in [-0.3, -0.25) is 10.1 Å². The first-order valence-corrected chi connectivity index (χ1v) is 8.16. The van der Waals surface area contributed by atoms with Crippen molar-refractivity contribution in [3.05, 3.63) is 11.1 Å². The third-order valence-corrected chi connectivity index (χ3v) is 5.08. The molecule has 21 heavy (non-hydrogen) atoms. The van der Waals surface area contributed by atoms with E-state index in [2.05, 4.69) is 15.6 Å². The predicted octanol–water partition coefficient (Wildman–Crippen LogP) is 2.79. The van der Waals surface area contributed by atoms with Crippen LogP contribution in [0.15, 0.2) is 5.38 Å². The SMILES string of the molecule is O=C(O)CC1(CNC(=O)Nc2nc(C3CC3)cs2)CCC1. The summed E-state index contributed by atoms with van der Waals surface area (Å²) in [5.74, 6) is -0.223. The summed E-state index contributed by atoms with van der Waals surface area (Å²) in [7, 11) is 0. The normalized spacial score (nSPS) is 19.6. The van der Waals surface area contributed by atoms with Crippen molar-refractivity contribution in [1.29, 1.82) is 0 Å². The molecule has 7 heteroatoms. The summed E-state index contributed by atoms with van der Waals surface area (Å²) in [4.78, 5) is 27.1. The summed E-state index contributed by atoms with van der Waals surface area (Å²) in [5, 5.41) is 17.1. The molecule has 0 bridgehead atoms. The predicted molar refractivity (Wildman–Crippen MR) is 79.6 cm³/mol. The van der Waals surface area contributed by atoms with Gasteiger partial charge in [0.2, 0.25) is 0 Å². The maximum atomic E-state index is 11.9. The molecule has 0 radical (unpaired) electrons. The van der Waals surface area contributed by atoms with Crippen LogP contribution in [0.4, 0.5) is 9.93 Å². The maximum absolute atomic E-state index is 11.9. The van der Waals surface area contributed by atoms with Gasteiger partial charge in [0.1, 0.15) is 0 Å². The van der Waals surface area contributed by atoms with E-state index in [1.54, 1.807) is 0 Å². The number of aromatic nitrogens is 1. The minimum absolute atomic E-state index is 0.121. The van der Waals surface area contributed by atoms with Gasteiger partial charge in [-0.05, 0) is 31.1 Å². The second-order valence-corrected chi connectivity index (χ2v) is 6.94. The molecule has 2 aliphatic rings. The Labute approximate surface area is 127 Å². The average Bonchev–Trinajstić information content (AvgIpc) is 3.13. The van der Waals surface area contributed by atoms with Gasteiger partial charge in [-0.2, -0.15) is 0 Å². The molecule has 0 unspecified atom stereocenters. The number of rotatable bonds is 6. The highest BCUT2D eigenvalue weighted by molar-refractivity contribution is 7.13. The van der Waals surface area contributed by atoms with Gasteiger partial charge in [-0.15, -0.1) is 11.3 Å². The van der Waals surface area contributed by atoms with Crippen LogP contribution in [0.3, 0.4) is 0 Å². The number of carbonyl (C=O) groups is 2. The number of aliphatic carboxylic acids is 1. The Kier molecular flexibility index (Phi) is 3.84. The van der Waals surface area contributed by atoms with Gasteiger partial charge < -0.3 is 10.4 Å². The summed E-state index contributed by atoms with van der Waals surface area (Å²) in [6.07, 6.45) is 5.26. The number of carboxylic acids is 1. The minimum atomic E-state index is -0.800. The lowest BCUT2D eigenvalue weighted by Gasteiger charge is -2.40. The van der Waals surface area contributed by atoms with Crippen LogP contribution in [0.5, 0.6) is 0 Å². The molecule has 3 N–H and O–H groups in total. The van der Waals surface area contributed by atoms with E-state index >= 15 is 0 Å². The minimum Gasteiger partial charge on any atom is -0.481 e. The molecule has 1 aromatic heterocycles. The Hall–Kier alpha value is -1.63. The zero-order chi connectivity index (χ0) is 14.9. The van der Waals surface area contributed by atoms with Crippen LogP contribution >= 0.6 is 11.3 Å². The summed E-state index contributed by atoms with van der Waals surface area (Å²) in [6.45, 7) is 0.409. The fraction of sp³-hybridized carbons (Fsp3) is 0.643. The Bertz CT molecular complexity index is 549. The molecule has 0 atom stereocenters. The van der Waals surface area contributed by atoms with Gasteiger partial charge >= 0.3 is 12.0 Å². The summed E-state index contributed by atoms with van der Waals surface area (Å²) in [6, 6.07) is -0.302. The van der Waals surface area contributed by atoms with Gasteiger partial charge in [-0.1, -0.05) is 6.42 Å². The lowest BCUT2D eigenvalue weighted by Crippen LogP contribution is -2.44. The molecule has 0 saturated heterocycles. The smallest absolute Gasteiger partial charge is 0.321 e. The van der Waals surface area contributed by atoms with Crippen LogP contribution in [0.2, 0.25) is 0 Å². The van der Waals surface area contributed by atoms with Gasteiger partial charge in [0.05, 0.1) is 12.1 Å². The van der Waals surface area contributed by atoms with E-state index in [0.717, 1.165) is 25.0 Å². The molecular weight excluding hydrogens is 290 g/mol. The molecule has 3 rings (SSSR count). The van der Waals surface area contributed by atoms with Crippen molar-refractivity contribution in [2.24, 2.45) is 5.41 Å². The zero-order valence-electron chi connectivity index (χ0n) is 11.7. The van der Waals surface area contributed by atoms with Crippen molar-refractivity contribution >= 4 is 28.5 Å². The van der Waals surface area contributed by atoms with E-state index < -0.39 is 5.97 Å². The Balaban J connectivity index is 1.48. The number of nitrogens with one attached hydrogen (secondary N) is 2. The fourth-order valence-corrected chi connectivity index (χ4v) is 3.52. The third-order valence-electron chi connectivity index (χ3n) is 4.30. The monoisotopic (exact) mass is 309 g/mol. The molecule has 2 aliphatic carbocycles. The highest BCUT2D eigenvalue weighted by Crippen LogP contribution is 2.43. The second-order valence-electron chi connectivity index (χ2n) is 6.08. The van der Waals surface area contributed by atoms with E-state index in [1.807, 2.05) is 5.38 Å². The Morgan fingerprint density at radius 2 is 2.19 bits per heavy atom. The molecule has 6 nitrogen and oxygen atoms in total. The molecule has 1 aromatic rings. The Morgan fingerprint density at radius 1 is 1.43 bits per heavy atom. The quantitative estimate of drug-likeness (QED) is 0.753. The van der Waals surface area contributed by atoms with E-state index in [1.165, 1.54) is 24.2 Å². The first-order chi connectivity index (χ1) is 10.1. The topological polar surface area (TPSA) is 91.3 Å². The van der Waals surface area contributed by atoms with E-state index in [-0.39, 0.29) is 17.9 Å². The highest BCUT2D eigenvalue weighted by Gasteiger charge is 2.39. The third kappa shape index (κ3) is 3.53. The van der Waals surface area contributed by atoms with Crippen LogP contribution in [-0.2, 0) is 4.79 Å². The summed E-state index contributed by atoms with van der Waals surface area (Å²) in [5.41, 5.74) is 0.808. The van der Waals surface area contributed by atoms with E-state index in [9.17, 15) is 9.59 Å². The first-order valence-electron chi connectivity index (χ1n) is 7.28. The molecule has 2 amide bonds. The first kappa shape index (κ1) is 14.3. The summed E-state index contributed by atoms with van der Waals surface area (Å²) >= 11 is 1.43. The van der Waals surface area contributed by atoms with Crippen molar-refractivity contribution < 1.29 is 14.7 Å². The van der Waals surface area contributed by atoms with Gasteiger partial charge in [0.25, 0.3) is 0 Å². The number of carbonyl (C=O) groups excluding carboxylic acids is 1. The average molecular weight is 309 g/mol. The molecule has 0 aliphatic heterocycles. The number of anilines is 1. The van der Waals surface area contributed by atoms with Gasteiger partial charge in [0, 0.05) is 17.8 Å². The molecule has 1 heterocycles. The fourth-order valence-electron chi connectivity index (χ4n) is 2.73. The van der Waals surface area contributed by atoms with Crippen molar-refractivity contribution in [3.8, 4) is 0 Å². The van der Waals surface area contributed by atoms with Crippen LogP contribution in [-0.4, -0.2) is 28.6 Å². The van der Waals surface area contributed by atoms with Gasteiger partial charge in [0.15, 0.2) is 5.13 Å². The maximum Gasteiger partial charge on any atom is 0.321 e. The zero-order valence-corrected chi connectivity index (χ0v) is 12.5. The molecule has 2 fully saturated rings. The number of hydrogen-bond donors (Lipinski definition) is 3. The molecule has 114 valence electrons. The second kappa shape index (κ2) is 5.63. The number of nitrogens with zero attached hydrogens (tertiary/aromatic N) is 1. The molecule has 0 aromatic carbocycles. The largest absolute Gasteiger partial charge is 0.481 e. The standard InChI is InChI=1S/C14H19N3O3S/c18-11(19)6-14(4-1-5-14)8-15-12(20)17-13-16-10(7-21-13)9-2-3-9/h7,9H,1-6,8H2,(H,18,19)(H2,15,16,17,20). The molecule has 0 spiro atoms. The molecule has 2 saturated carbocycles. The van der Waals surface area contributed by atoms with Crippen molar-refractivity contribution in [1.82, 2.24) is 10.3 Å². The number of carboxylic acid groups (broad SMARTS) is 1. The summed E-state index contributed by atoms with van der Waals surface area (Å²) < 4.78 is 0. The van der Waals surface area contributed by atoms with Crippen LogP contribution in [0, 0.1) is 5.41 Å². The van der Waals surface area contributed by atoms with Crippen LogP contribution < -0.4 is 10.6 Å². The van der Waals surface area contributed by atoms with Crippen molar-refractivity contribution in [2.45, 2.75) is 44.4 Å². The lowest BCUT2D eigenvalue weighted by molar-refractivity contribution is -0.141. The van der Waals surface area contributed by atoms with Crippen molar-refractivity contribution in [3.63, 3.8) is 0 Å². The number of urea groups is 1. The van der Waals surface area contributed by atoms with Crippen LogP contribution in [0.1, 0.15) is 50.1 Å². The number of amides is 2. The molecular formula is C14H19N3O3S. The lowest BCUT2D eigenvalue weighted by atomic mass is 9.66. The van der Waals surface area contributed by atoms with E-state index in [0.29, 0.717) is 17.6 Å². The van der Waals surface area contributed by atoms with E-state index in [4.69, 9.17) is 5.11 Å². The number of thiazole rings is 1. The number of hydrogen-bond acceptors (Lipinski definition) is 4. The Morgan fingerprint density at radius 3 is 2.76 bits per heavy atom. The van der Waals surface area contributed by atoms with Crippen molar-refractivity contribution in [2.75, 3.05) is 11.9 Å². The highest BCUT2D eigenvalue weighted by atomic mass is 32.1. The van der Waals surface area contributed by atoms with Crippen LogP contribution in [0.25, 0.3) is 0 Å².